The highest BCUT2D eigenvalue weighted by atomic mass is 32.2. The van der Waals surface area contributed by atoms with Crippen LogP contribution in [-0.2, 0) is 9.59 Å². The molecular weight excluding hydrogens is 274 g/mol. The third-order valence-electron chi connectivity index (χ3n) is 3.04. The fraction of sp³-hybridized carbons (Fsp3) is 0.357. The van der Waals surface area contributed by atoms with Gasteiger partial charge in [0.1, 0.15) is 5.25 Å². The number of amidine groups is 1. The minimum atomic E-state index is -0.385. The van der Waals surface area contributed by atoms with Crippen molar-refractivity contribution in [2.45, 2.75) is 18.6 Å². The predicted octanol–water partition coefficient (Wildman–Crippen LogP) is 1.88. The average molecular weight is 291 g/mol. The summed E-state index contributed by atoms with van der Waals surface area (Å²) in [6, 6.07) is 7.56. The van der Waals surface area contributed by atoms with E-state index < -0.39 is 0 Å². The molecule has 2 amide bonds. The van der Waals surface area contributed by atoms with Gasteiger partial charge in [-0.15, -0.1) is 0 Å². The van der Waals surface area contributed by atoms with Gasteiger partial charge in [-0.2, -0.15) is 0 Å². The number of anilines is 1. The average Bonchev–Trinajstić information content (AvgIpc) is 2.69. The molecule has 1 aliphatic heterocycles. The van der Waals surface area contributed by atoms with Crippen molar-refractivity contribution in [1.82, 2.24) is 4.90 Å². The Bertz CT molecular complexity index is 554. The lowest BCUT2D eigenvalue weighted by Crippen LogP contribution is -2.30. The summed E-state index contributed by atoms with van der Waals surface area (Å²) in [7, 11) is 3.32. The summed E-state index contributed by atoms with van der Waals surface area (Å²) in [5.74, 6) is -0.236. The molecule has 0 saturated carbocycles. The van der Waals surface area contributed by atoms with E-state index in [9.17, 15) is 9.59 Å². The topological polar surface area (TPSA) is 61.8 Å². The molecule has 0 aromatic heterocycles. The molecule has 1 fully saturated rings. The first-order valence-electron chi connectivity index (χ1n) is 6.29. The lowest BCUT2D eigenvalue weighted by molar-refractivity contribution is -0.127. The van der Waals surface area contributed by atoms with Crippen molar-refractivity contribution in [3.63, 3.8) is 0 Å². The van der Waals surface area contributed by atoms with Crippen LogP contribution in [0, 0.1) is 6.92 Å². The van der Waals surface area contributed by atoms with Crippen molar-refractivity contribution in [2.24, 2.45) is 4.99 Å². The zero-order valence-electron chi connectivity index (χ0n) is 11.7. The van der Waals surface area contributed by atoms with Crippen LogP contribution in [-0.4, -0.2) is 41.2 Å². The third kappa shape index (κ3) is 3.19. The number of rotatable bonds is 3. The summed E-state index contributed by atoms with van der Waals surface area (Å²) in [5, 5.41) is 3.07. The molecule has 0 aliphatic carbocycles. The molecule has 1 heterocycles. The van der Waals surface area contributed by atoms with Crippen molar-refractivity contribution in [1.29, 1.82) is 0 Å². The molecule has 0 spiro atoms. The van der Waals surface area contributed by atoms with E-state index in [2.05, 4.69) is 10.3 Å². The van der Waals surface area contributed by atoms with E-state index in [0.717, 1.165) is 11.3 Å². The van der Waals surface area contributed by atoms with Crippen LogP contribution < -0.4 is 5.32 Å². The van der Waals surface area contributed by atoms with Crippen LogP contribution in [0.4, 0.5) is 5.69 Å². The van der Waals surface area contributed by atoms with Gasteiger partial charge in [-0.05, 0) is 19.1 Å². The van der Waals surface area contributed by atoms with Gasteiger partial charge in [0.25, 0.3) is 0 Å². The highest BCUT2D eigenvalue weighted by molar-refractivity contribution is 8.15. The Morgan fingerprint density at radius 1 is 1.40 bits per heavy atom. The molecule has 1 N–H and O–H groups in total. The number of nitrogens with zero attached hydrogens (tertiary/aromatic N) is 2. The van der Waals surface area contributed by atoms with Gasteiger partial charge in [-0.3, -0.25) is 19.5 Å². The third-order valence-corrected chi connectivity index (χ3v) is 4.36. The van der Waals surface area contributed by atoms with Crippen LogP contribution in [0.15, 0.2) is 29.3 Å². The molecule has 0 radical (unpaired) electrons. The molecule has 1 aromatic carbocycles. The van der Waals surface area contributed by atoms with Crippen LogP contribution in [0.25, 0.3) is 0 Å². The van der Waals surface area contributed by atoms with Gasteiger partial charge < -0.3 is 5.32 Å². The first-order chi connectivity index (χ1) is 9.51. The molecule has 20 heavy (non-hydrogen) atoms. The molecule has 0 bridgehead atoms. The molecule has 2 rings (SSSR count). The normalized spacial score (nSPS) is 20.6. The van der Waals surface area contributed by atoms with E-state index in [1.54, 1.807) is 14.1 Å². The summed E-state index contributed by atoms with van der Waals surface area (Å²) < 4.78 is 0. The standard InChI is InChI=1S/C14H17N3O2S/c1-9-4-6-10(7-5-9)16-12(18)8-11-13(19)17(3)14(15-2)20-11/h4-7,11H,8H2,1-3H3,(H,16,18)/t11-/m1/s1. The summed E-state index contributed by atoms with van der Waals surface area (Å²) in [6.07, 6.45) is 0.154. The number of hydrogen-bond acceptors (Lipinski definition) is 4. The first kappa shape index (κ1) is 14.6. The van der Waals surface area contributed by atoms with Crippen LogP contribution in [0.2, 0.25) is 0 Å². The molecule has 5 nitrogen and oxygen atoms in total. The van der Waals surface area contributed by atoms with Crippen LogP contribution in [0.5, 0.6) is 0 Å². The minimum Gasteiger partial charge on any atom is -0.326 e. The second-order valence-electron chi connectivity index (χ2n) is 4.63. The second-order valence-corrected chi connectivity index (χ2v) is 5.80. The summed E-state index contributed by atoms with van der Waals surface area (Å²) >= 11 is 1.33. The van der Waals surface area contributed by atoms with Crippen LogP contribution in [0.3, 0.4) is 0 Å². The van der Waals surface area contributed by atoms with E-state index in [4.69, 9.17) is 0 Å². The van der Waals surface area contributed by atoms with Crippen molar-refractivity contribution in [3.8, 4) is 0 Å². The Balaban J connectivity index is 1.95. The van der Waals surface area contributed by atoms with E-state index in [1.165, 1.54) is 16.7 Å². The lowest BCUT2D eigenvalue weighted by atomic mass is 10.2. The van der Waals surface area contributed by atoms with Crippen molar-refractivity contribution in [2.75, 3.05) is 19.4 Å². The number of hydrogen-bond donors (Lipinski definition) is 1. The number of benzene rings is 1. The van der Waals surface area contributed by atoms with Gasteiger partial charge in [0.05, 0.1) is 0 Å². The second kappa shape index (κ2) is 6.09. The first-order valence-corrected chi connectivity index (χ1v) is 7.16. The number of carbonyl (C=O) groups excluding carboxylic acids is 2. The number of aryl methyl sites for hydroxylation is 1. The van der Waals surface area contributed by atoms with Crippen molar-refractivity contribution < 1.29 is 9.59 Å². The number of aliphatic imine (C=N–C) groups is 1. The van der Waals surface area contributed by atoms with Crippen LogP contribution >= 0.6 is 11.8 Å². The maximum Gasteiger partial charge on any atom is 0.242 e. The van der Waals surface area contributed by atoms with Gasteiger partial charge >= 0.3 is 0 Å². The molecule has 1 aliphatic rings. The summed E-state index contributed by atoms with van der Waals surface area (Å²) in [5.41, 5.74) is 1.88. The Morgan fingerprint density at radius 2 is 2.05 bits per heavy atom. The fourth-order valence-electron chi connectivity index (χ4n) is 1.92. The van der Waals surface area contributed by atoms with Crippen LogP contribution in [0.1, 0.15) is 12.0 Å². The number of nitrogens with one attached hydrogen (secondary N) is 1. The van der Waals surface area contributed by atoms with E-state index in [0.29, 0.717) is 5.17 Å². The number of carbonyl (C=O) groups is 2. The Kier molecular flexibility index (Phi) is 4.44. The minimum absolute atomic E-state index is 0.0744. The zero-order chi connectivity index (χ0) is 14.7. The zero-order valence-corrected chi connectivity index (χ0v) is 12.5. The van der Waals surface area contributed by atoms with E-state index in [1.807, 2.05) is 31.2 Å². The van der Waals surface area contributed by atoms with Crippen molar-refractivity contribution >= 4 is 34.4 Å². The fourth-order valence-corrected chi connectivity index (χ4v) is 3.02. The van der Waals surface area contributed by atoms with Crippen molar-refractivity contribution in [3.05, 3.63) is 29.8 Å². The Hall–Kier alpha value is -1.82. The van der Waals surface area contributed by atoms with Gasteiger partial charge in [0.15, 0.2) is 5.17 Å². The number of amides is 2. The molecule has 6 heteroatoms. The molecular formula is C14H17N3O2S. The SMILES string of the molecule is CN=C1S[C@H](CC(=O)Nc2ccc(C)cc2)C(=O)N1C. The molecule has 0 unspecified atom stereocenters. The molecule has 1 atom stereocenters. The number of thioether (sulfide) groups is 1. The Labute approximate surface area is 122 Å². The summed E-state index contributed by atoms with van der Waals surface area (Å²) in [6.45, 7) is 1.99. The summed E-state index contributed by atoms with van der Waals surface area (Å²) in [4.78, 5) is 29.4. The Morgan fingerprint density at radius 3 is 2.60 bits per heavy atom. The van der Waals surface area contributed by atoms with Gasteiger partial charge in [-0.1, -0.05) is 29.5 Å². The monoisotopic (exact) mass is 291 g/mol. The highest BCUT2D eigenvalue weighted by Gasteiger charge is 2.36. The molecule has 1 aromatic rings. The van der Waals surface area contributed by atoms with Gasteiger partial charge in [-0.25, -0.2) is 0 Å². The van der Waals surface area contributed by atoms with E-state index >= 15 is 0 Å². The predicted molar refractivity (Wildman–Crippen MR) is 81.9 cm³/mol. The van der Waals surface area contributed by atoms with E-state index in [-0.39, 0.29) is 23.5 Å². The molecule has 106 valence electrons. The highest BCUT2D eigenvalue weighted by Crippen LogP contribution is 2.28. The maximum absolute atomic E-state index is 12.0. The molecule has 1 saturated heterocycles. The van der Waals surface area contributed by atoms with Gasteiger partial charge in [0.2, 0.25) is 11.8 Å². The van der Waals surface area contributed by atoms with Gasteiger partial charge in [0, 0.05) is 26.2 Å². The largest absolute Gasteiger partial charge is 0.326 e. The lowest BCUT2D eigenvalue weighted by Gasteiger charge is -2.09. The maximum atomic E-state index is 12.0. The quantitative estimate of drug-likeness (QED) is 0.925. The smallest absolute Gasteiger partial charge is 0.242 e.